The van der Waals surface area contributed by atoms with Crippen LogP contribution in [0.4, 0.5) is 0 Å². The Morgan fingerprint density at radius 3 is 2.84 bits per heavy atom. The van der Waals surface area contributed by atoms with E-state index in [4.69, 9.17) is 9.84 Å². The number of carboxylic acids is 1. The predicted octanol–water partition coefficient (Wildman–Crippen LogP) is 0.776. The molecule has 19 heavy (non-hydrogen) atoms. The van der Waals surface area contributed by atoms with Gasteiger partial charge in [0.2, 0.25) is 5.91 Å². The Morgan fingerprint density at radius 1 is 1.47 bits per heavy atom. The number of hydrogen-bond donors (Lipinski definition) is 2. The molecular weight excluding hydrogens is 268 g/mol. The SMILES string of the molecule is COCCSCC(=O)NCc1ccc(C(=O)O)nc1. The minimum Gasteiger partial charge on any atom is -0.477 e. The van der Waals surface area contributed by atoms with Gasteiger partial charge in [-0.3, -0.25) is 4.79 Å². The minimum atomic E-state index is -1.06. The number of amides is 1. The van der Waals surface area contributed by atoms with Gasteiger partial charge in [-0.1, -0.05) is 6.07 Å². The van der Waals surface area contributed by atoms with E-state index in [1.54, 1.807) is 13.2 Å². The lowest BCUT2D eigenvalue weighted by atomic mass is 10.2. The molecular formula is C12H16N2O4S. The summed E-state index contributed by atoms with van der Waals surface area (Å²) >= 11 is 1.50. The quantitative estimate of drug-likeness (QED) is 0.686. The van der Waals surface area contributed by atoms with E-state index in [0.717, 1.165) is 11.3 Å². The molecule has 0 saturated heterocycles. The minimum absolute atomic E-state index is 0.00908. The van der Waals surface area contributed by atoms with Crippen LogP contribution in [-0.2, 0) is 16.1 Å². The zero-order valence-corrected chi connectivity index (χ0v) is 11.4. The third-order valence-electron chi connectivity index (χ3n) is 2.20. The fraction of sp³-hybridized carbons (Fsp3) is 0.417. The number of pyridine rings is 1. The van der Waals surface area contributed by atoms with Crippen molar-refractivity contribution in [2.75, 3.05) is 25.2 Å². The van der Waals surface area contributed by atoms with Gasteiger partial charge in [0.1, 0.15) is 5.69 Å². The molecule has 104 valence electrons. The van der Waals surface area contributed by atoms with Gasteiger partial charge in [-0.15, -0.1) is 11.8 Å². The number of thioether (sulfide) groups is 1. The zero-order valence-electron chi connectivity index (χ0n) is 10.6. The first-order valence-corrected chi connectivity index (χ1v) is 6.80. The van der Waals surface area contributed by atoms with E-state index in [-0.39, 0.29) is 11.6 Å². The van der Waals surface area contributed by atoms with E-state index in [2.05, 4.69) is 10.3 Å². The normalized spacial score (nSPS) is 10.2. The largest absolute Gasteiger partial charge is 0.477 e. The Morgan fingerprint density at radius 2 is 2.26 bits per heavy atom. The Balaban J connectivity index is 2.28. The van der Waals surface area contributed by atoms with Crippen LogP contribution in [0.2, 0.25) is 0 Å². The number of carboxylic acid groups (broad SMARTS) is 1. The number of nitrogens with one attached hydrogen (secondary N) is 1. The Labute approximate surface area is 115 Å². The van der Waals surface area contributed by atoms with Crippen LogP contribution >= 0.6 is 11.8 Å². The first-order valence-electron chi connectivity index (χ1n) is 5.65. The van der Waals surface area contributed by atoms with Crippen molar-refractivity contribution in [2.45, 2.75) is 6.54 Å². The lowest BCUT2D eigenvalue weighted by Gasteiger charge is -2.05. The maximum atomic E-state index is 11.5. The molecule has 1 aromatic heterocycles. The molecule has 0 aliphatic carbocycles. The molecule has 6 nitrogen and oxygen atoms in total. The predicted molar refractivity (Wildman–Crippen MR) is 72.2 cm³/mol. The Bertz CT molecular complexity index is 422. The van der Waals surface area contributed by atoms with Crippen LogP contribution in [0.25, 0.3) is 0 Å². The summed E-state index contributed by atoms with van der Waals surface area (Å²) in [7, 11) is 1.62. The number of carbonyl (C=O) groups excluding carboxylic acids is 1. The molecule has 1 rings (SSSR count). The number of aromatic carboxylic acids is 1. The molecule has 2 N–H and O–H groups in total. The molecule has 0 radical (unpaired) electrons. The lowest BCUT2D eigenvalue weighted by Crippen LogP contribution is -2.25. The van der Waals surface area contributed by atoms with E-state index in [0.29, 0.717) is 18.9 Å². The van der Waals surface area contributed by atoms with E-state index >= 15 is 0 Å². The van der Waals surface area contributed by atoms with Gasteiger partial charge in [0.05, 0.1) is 12.4 Å². The monoisotopic (exact) mass is 284 g/mol. The molecule has 1 aromatic rings. The van der Waals surface area contributed by atoms with Gasteiger partial charge in [0.25, 0.3) is 0 Å². The molecule has 0 fully saturated rings. The van der Waals surface area contributed by atoms with Crippen LogP contribution in [0.1, 0.15) is 16.1 Å². The second kappa shape index (κ2) is 8.49. The number of aromatic nitrogens is 1. The number of rotatable bonds is 8. The van der Waals surface area contributed by atoms with E-state index < -0.39 is 5.97 Å². The van der Waals surface area contributed by atoms with Gasteiger partial charge in [0.15, 0.2) is 0 Å². The first kappa shape index (κ1) is 15.5. The summed E-state index contributed by atoms with van der Waals surface area (Å²) in [5.74, 6) is 0.0246. The first-order chi connectivity index (χ1) is 9.13. The number of nitrogens with zero attached hydrogens (tertiary/aromatic N) is 1. The molecule has 0 saturated carbocycles. The molecule has 0 aliphatic rings. The van der Waals surface area contributed by atoms with E-state index in [1.807, 2.05) is 0 Å². The molecule has 0 aliphatic heterocycles. The van der Waals surface area contributed by atoms with Crippen molar-refractivity contribution < 1.29 is 19.4 Å². The van der Waals surface area contributed by atoms with Gasteiger partial charge in [0, 0.05) is 25.6 Å². The molecule has 1 heterocycles. The van der Waals surface area contributed by atoms with Crippen molar-refractivity contribution in [3.05, 3.63) is 29.6 Å². The van der Waals surface area contributed by atoms with Crippen molar-refractivity contribution in [3.8, 4) is 0 Å². The second-order valence-corrected chi connectivity index (χ2v) is 4.78. The third-order valence-corrected chi connectivity index (χ3v) is 3.12. The molecule has 0 spiro atoms. The summed E-state index contributed by atoms with van der Waals surface area (Å²) in [5.41, 5.74) is 0.755. The van der Waals surface area contributed by atoms with Crippen LogP contribution in [0.15, 0.2) is 18.3 Å². The molecule has 1 amide bonds. The maximum Gasteiger partial charge on any atom is 0.354 e. The lowest BCUT2D eigenvalue weighted by molar-refractivity contribution is -0.118. The topological polar surface area (TPSA) is 88.5 Å². The van der Waals surface area contributed by atoms with Gasteiger partial charge in [-0.25, -0.2) is 9.78 Å². The second-order valence-electron chi connectivity index (χ2n) is 3.68. The Hall–Kier alpha value is -1.60. The molecule has 0 unspecified atom stereocenters. The number of methoxy groups -OCH3 is 1. The molecule has 0 aromatic carbocycles. The van der Waals surface area contributed by atoms with Crippen LogP contribution in [0, 0.1) is 0 Å². The molecule has 7 heteroatoms. The van der Waals surface area contributed by atoms with Crippen LogP contribution in [0.3, 0.4) is 0 Å². The molecule has 0 atom stereocenters. The summed E-state index contributed by atoms with van der Waals surface area (Å²) in [4.78, 5) is 25.8. The highest BCUT2D eigenvalue weighted by molar-refractivity contribution is 7.99. The summed E-state index contributed by atoms with van der Waals surface area (Å²) in [6.45, 7) is 0.967. The van der Waals surface area contributed by atoms with Crippen LogP contribution < -0.4 is 5.32 Å². The Kier molecular flexibility index (Phi) is 6.91. The van der Waals surface area contributed by atoms with Crippen molar-refractivity contribution in [1.29, 1.82) is 0 Å². The van der Waals surface area contributed by atoms with Gasteiger partial charge >= 0.3 is 5.97 Å². The van der Waals surface area contributed by atoms with Crippen molar-refractivity contribution >= 4 is 23.6 Å². The highest BCUT2D eigenvalue weighted by Crippen LogP contribution is 2.02. The number of carbonyl (C=O) groups is 2. The summed E-state index contributed by atoms with van der Waals surface area (Å²) in [5, 5.41) is 11.4. The highest BCUT2D eigenvalue weighted by Gasteiger charge is 2.05. The standard InChI is InChI=1S/C12H16N2O4S/c1-18-4-5-19-8-11(15)14-7-9-2-3-10(12(16)17)13-6-9/h2-3,6H,4-5,7-8H2,1H3,(H,14,15)(H,16,17). The maximum absolute atomic E-state index is 11.5. The van der Waals surface area contributed by atoms with Crippen molar-refractivity contribution in [3.63, 3.8) is 0 Å². The highest BCUT2D eigenvalue weighted by atomic mass is 32.2. The smallest absolute Gasteiger partial charge is 0.354 e. The van der Waals surface area contributed by atoms with E-state index in [9.17, 15) is 9.59 Å². The van der Waals surface area contributed by atoms with Crippen molar-refractivity contribution in [1.82, 2.24) is 10.3 Å². The summed E-state index contributed by atoms with van der Waals surface area (Å²) in [6.07, 6.45) is 1.45. The molecule has 0 bridgehead atoms. The fourth-order valence-corrected chi connectivity index (χ4v) is 1.93. The number of hydrogen-bond acceptors (Lipinski definition) is 5. The van der Waals surface area contributed by atoms with Gasteiger partial charge in [-0.2, -0.15) is 0 Å². The van der Waals surface area contributed by atoms with E-state index in [1.165, 1.54) is 24.0 Å². The van der Waals surface area contributed by atoms with Gasteiger partial charge in [-0.05, 0) is 11.6 Å². The van der Waals surface area contributed by atoms with Gasteiger partial charge < -0.3 is 15.2 Å². The zero-order chi connectivity index (χ0) is 14.1. The summed E-state index contributed by atoms with van der Waals surface area (Å²) in [6, 6.07) is 3.05. The third kappa shape index (κ3) is 6.21. The summed E-state index contributed by atoms with van der Waals surface area (Å²) < 4.78 is 4.87. The average Bonchev–Trinajstić information content (AvgIpc) is 2.42. The van der Waals surface area contributed by atoms with Crippen molar-refractivity contribution in [2.24, 2.45) is 0 Å². The van der Waals surface area contributed by atoms with Crippen LogP contribution in [-0.4, -0.2) is 47.2 Å². The number of ether oxygens (including phenoxy) is 1. The van der Waals surface area contributed by atoms with Crippen LogP contribution in [0.5, 0.6) is 0 Å². The fourth-order valence-electron chi connectivity index (χ4n) is 1.21. The average molecular weight is 284 g/mol.